The Morgan fingerprint density at radius 2 is 1.74 bits per heavy atom. The lowest BCUT2D eigenvalue weighted by Crippen LogP contribution is -2.16. The second kappa shape index (κ2) is 7.26. The summed E-state index contributed by atoms with van der Waals surface area (Å²) in [6, 6.07) is 22.7. The molecule has 0 aromatic heterocycles. The first-order valence-corrected chi connectivity index (χ1v) is 9.46. The van der Waals surface area contributed by atoms with Gasteiger partial charge in [0.2, 0.25) is 0 Å². The zero-order valence-electron chi connectivity index (χ0n) is 15.5. The van der Waals surface area contributed by atoms with E-state index in [-0.39, 0.29) is 12.0 Å². The minimum atomic E-state index is -0.0253. The maximum absolute atomic E-state index is 6.64. The van der Waals surface area contributed by atoms with Crippen molar-refractivity contribution >= 4 is 23.0 Å². The lowest BCUT2D eigenvalue weighted by molar-refractivity contribution is 0.415. The average Bonchev–Trinajstić information content (AvgIpc) is 3.03. The molecule has 138 valence electrons. The summed E-state index contributed by atoms with van der Waals surface area (Å²) < 4.78 is 5.25. The van der Waals surface area contributed by atoms with Crippen LogP contribution < -0.4 is 15.4 Å². The first-order valence-electron chi connectivity index (χ1n) is 9.08. The zero-order valence-corrected chi connectivity index (χ0v) is 16.3. The summed E-state index contributed by atoms with van der Waals surface area (Å²) in [5.41, 5.74) is 12.6. The van der Waals surface area contributed by atoms with Crippen molar-refractivity contribution < 1.29 is 4.74 Å². The Morgan fingerprint density at radius 3 is 2.44 bits per heavy atom. The number of ether oxygens (including phenoxy) is 1. The highest BCUT2D eigenvalue weighted by Crippen LogP contribution is 2.43. The van der Waals surface area contributed by atoms with Crippen LogP contribution in [0.2, 0.25) is 5.02 Å². The van der Waals surface area contributed by atoms with Crippen molar-refractivity contribution in [2.45, 2.75) is 18.4 Å². The summed E-state index contributed by atoms with van der Waals surface area (Å²) in [7, 11) is 3.75. The lowest BCUT2D eigenvalue weighted by Gasteiger charge is -2.22. The normalized spacial score (nSPS) is 18.2. The van der Waals surface area contributed by atoms with Gasteiger partial charge in [-0.1, -0.05) is 29.8 Å². The van der Waals surface area contributed by atoms with Crippen LogP contribution in [-0.4, -0.2) is 14.2 Å². The number of hydrogen-bond acceptors (Lipinski definition) is 3. The van der Waals surface area contributed by atoms with Gasteiger partial charge in [-0.3, -0.25) is 0 Å². The number of nitrogens with zero attached hydrogens (tertiary/aromatic N) is 1. The van der Waals surface area contributed by atoms with Crippen molar-refractivity contribution in [2.24, 2.45) is 5.73 Å². The first kappa shape index (κ1) is 17.9. The van der Waals surface area contributed by atoms with Crippen molar-refractivity contribution in [3.8, 4) is 5.75 Å². The van der Waals surface area contributed by atoms with E-state index in [0.29, 0.717) is 0 Å². The van der Waals surface area contributed by atoms with Crippen LogP contribution in [0.3, 0.4) is 0 Å². The van der Waals surface area contributed by atoms with E-state index >= 15 is 0 Å². The highest BCUT2D eigenvalue weighted by Gasteiger charge is 2.31. The molecule has 0 amide bonds. The molecule has 2 N–H and O–H groups in total. The predicted molar refractivity (Wildman–Crippen MR) is 112 cm³/mol. The molecule has 0 bridgehead atoms. The standard InChI is InChI=1S/C23H23ClN2O/c1-26(18-8-10-20(27-2)11-9-18)19-7-6-16-13-21(23(25)22(16)14-19)15-4-3-5-17(24)12-15/h3-12,14,21,23H,13,25H2,1-2H3. The summed E-state index contributed by atoms with van der Waals surface area (Å²) in [6.45, 7) is 0. The Hall–Kier alpha value is -2.49. The summed E-state index contributed by atoms with van der Waals surface area (Å²) in [6.07, 6.45) is 0.948. The van der Waals surface area contributed by atoms with Crippen LogP contribution in [0.15, 0.2) is 66.7 Å². The van der Waals surface area contributed by atoms with Crippen LogP contribution >= 0.6 is 11.6 Å². The van der Waals surface area contributed by atoms with Crippen LogP contribution in [0.1, 0.15) is 28.7 Å². The molecule has 0 aliphatic heterocycles. The van der Waals surface area contributed by atoms with E-state index in [2.05, 4.69) is 48.3 Å². The first-order chi connectivity index (χ1) is 13.1. The number of halogens is 1. The molecule has 4 rings (SSSR count). The number of rotatable bonds is 4. The van der Waals surface area contributed by atoms with E-state index in [0.717, 1.165) is 28.6 Å². The van der Waals surface area contributed by atoms with E-state index in [9.17, 15) is 0 Å². The van der Waals surface area contributed by atoms with E-state index in [1.54, 1.807) is 7.11 Å². The lowest BCUT2D eigenvalue weighted by atomic mass is 9.93. The molecule has 1 aliphatic rings. The Balaban J connectivity index is 1.61. The fourth-order valence-corrected chi connectivity index (χ4v) is 4.08. The molecule has 2 atom stereocenters. The summed E-state index contributed by atoms with van der Waals surface area (Å²) in [4.78, 5) is 2.17. The smallest absolute Gasteiger partial charge is 0.119 e. The van der Waals surface area contributed by atoms with Gasteiger partial charge in [0, 0.05) is 35.4 Å². The van der Waals surface area contributed by atoms with Crippen molar-refractivity contribution in [3.63, 3.8) is 0 Å². The molecule has 0 fully saturated rings. The molecule has 0 radical (unpaired) electrons. The molecule has 0 saturated heterocycles. The summed E-state index contributed by atoms with van der Waals surface area (Å²) in [5.74, 6) is 1.12. The number of nitrogens with two attached hydrogens (primary N) is 1. The number of benzene rings is 3. The summed E-state index contributed by atoms with van der Waals surface area (Å²) in [5, 5.41) is 0.760. The van der Waals surface area contributed by atoms with E-state index in [1.165, 1.54) is 16.7 Å². The van der Waals surface area contributed by atoms with Crippen LogP contribution in [0, 0.1) is 0 Å². The van der Waals surface area contributed by atoms with Crippen LogP contribution in [0.5, 0.6) is 5.75 Å². The molecule has 27 heavy (non-hydrogen) atoms. The molecule has 3 aromatic carbocycles. The minimum Gasteiger partial charge on any atom is -0.497 e. The molecule has 0 saturated carbocycles. The van der Waals surface area contributed by atoms with Gasteiger partial charge in [0.1, 0.15) is 5.75 Å². The third-order valence-electron chi connectivity index (χ3n) is 5.49. The maximum Gasteiger partial charge on any atom is 0.119 e. The number of hydrogen-bond donors (Lipinski definition) is 1. The van der Waals surface area contributed by atoms with E-state index in [4.69, 9.17) is 22.1 Å². The Labute approximate surface area is 165 Å². The molecule has 3 nitrogen and oxygen atoms in total. The number of fused-ring (bicyclic) bond motifs is 1. The molecular weight excluding hydrogens is 356 g/mol. The second-order valence-corrected chi connectivity index (χ2v) is 7.47. The van der Waals surface area contributed by atoms with Crippen LogP contribution in [0.4, 0.5) is 11.4 Å². The third kappa shape index (κ3) is 3.41. The van der Waals surface area contributed by atoms with Crippen LogP contribution in [-0.2, 0) is 6.42 Å². The monoisotopic (exact) mass is 378 g/mol. The fraction of sp³-hybridized carbons (Fsp3) is 0.217. The minimum absolute atomic E-state index is 0.0253. The van der Waals surface area contributed by atoms with E-state index in [1.807, 2.05) is 30.3 Å². The molecule has 1 aliphatic carbocycles. The van der Waals surface area contributed by atoms with Gasteiger partial charge in [-0.15, -0.1) is 0 Å². The van der Waals surface area contributed by atoms with Crippen molar-refractivity contribution in [1.29, 1.82) is 0 Å². The van der Waals surface area contributed by atoms with Gasteiger partial charge in [-0.2, -0.15) is 0 Å². The average molecular weight is 379 g/mol. The fourth-order valence-electron chi connectivity index (χ4n) is 3.89. The third-order valence-corrected chi connectivity index (χ3v) is 5.72. The second-order valence-electron chi connectivity index (χ2n) is 7.03. The quantitative estimate of drug-likeness (QED) is 0.655. The number of anilines is 2. The zero-order chi connectivity index (χ0) is 19.0. The molecule has 3 aromatic rings. The van der Waals surface area contributed by atoms with E-state index < -0.39 is 0 Å². The largest absolute Gasteiger partial charge is 0.497 e. The topological polar surface area (TPSA) is 38.5 Å². The molecule has 4 heteroatoms. The Bertz CT molecular complexity index is 955. The van der Waals surface area contributed by atoms with Gasteiger partial charge in [-0.05, 0) is 71.6 Å². The molecular formula is C23H23ClN2O. The highest BCUT2D eigenvalue weighted by atomic mass is 35.5. The van der Waals surface area contributed by atoms with Gasteiger partial charge in [-0.25, -0.2) is 0 Å². The van der Waals surface area contributed by atoms with Gasteiger partial charge in [0.05, 0.1) is 7.11 Å². The highest BCUT2D eigenvalue weighted by molar-refractivity contribution is 6.30. The van der Waals surface area contributed by atoms with Crippen molar-refractivity contribution in [1.82, 2.24) is 0 Å². The van der Waals surface area contributed by atoms with Gasteiger partial charge in [0.25, 0.3) is 0 Å². The van der Waals surface area contributed by atoms with Gasteiger partial charge >= 0.3 is 0 Å². The van der Waals surface area contributed by atoms with Crippen LogP contribution in [0.25, 0.3) is 0 Å². The molecule has 0 spiro atoms. The SMILES string of the molecule is COc1ccc(N(C)c2ccc3c(c2)C(N)C(c2cccc(Cl)c2)C3)cc1. The maximum atomic E-state index is 6.64. The molecule has 0 heterocycles. The van der Waals surface area contributed by atoms with Gasteiger partial charge < -0.3 is 15.4 Å². The number of methoxy groups -OCH3 is 1. The Morgan fingerprint density at radius 1 is 1.00 bits per heavy atom. The van der Waals surface area contributed by atoms with Gasteiger partial charge in [0.15, 0.2) is 0 Å². The van der Waals surface area contributed by atoms with Crippen molar-refractivity contribution in [3.05, 3.63) is 88.4 Å². The predicted octanol–water partition coefficient (Wildman–Crippen LogP) is 5.46. The molecule has 2 unspecified atom stereocenters. The Kier molecular flexibility index (Phi) is 4.81. The summed E-state index contributed by atoms with van der Waals surface area (Å²) >= 11 is 6.18. The van der Waals surface area contributed by atoms with Crippen molar-refractivity contribution in [2.75, 3.05) is 19.1 Å².